The number of alkyl carbamates (subject to hydrolysis) is 1. The van der Waals surface area contributed by atoms with E-state index in [1.54, 1.807) is 11.6 Å². The zero-order valence-electron chi connectivity index (χ0n) is 22.1. The number of hydrogen-bond acceptors (Lipinski definition) is 7. The van der Waals surface area contributed by atoms with Gasteiger partial charge in [0.1, 0.15) is 23.1 Å². The number of thiophene rings is 1. The first-order valence-corrected chi connectivity index (χ1v) is 13.5. The first kappa shape index (κ1) is 26.2. The van der Waals surface area contributed by atoms with E-state index in [2.05, 4.69) is 5.32 Å². The van der Waals surface area contributed by atoms with E-state index in [-0.39, 0.29) is 34.4 Å². The number of aryl methyl sites for hydroxylation is 2. The van der Waals surface area contributed by atoms with Crippen molar-refractivity contribution in [3.63, 3.8) is 0 Å². The Labute approximate surface area is 223 Å². The quantitative estimate of drug-likeness (QED) is 0.420. The van der Waals surface area contributed by atoms with Gasteiger partial charge in [-0.3, -0.25) is 4.79 Å². The van der Waals surface area contributed by atoms with Crippen molar-refractivity contribution in [1.82, 2.24) is 9.88 Å². The second kappa shape index (κ2) is 9.72. The number of aromatic nitrogens is 1. The van der Waals surface area contributed by atoms with Gasteiger partial charge in [-0.25, -0.2) is 14.0 Å². The van der Waals surface area contributed by atoms with Crippen molar-refractivity contribution in [1.29, 1.82) is 0 Å². The fourth-order valence-electron chi connectivity index (χ4n) is 4.85. The summed E-state index contributed by atoms with van der Waals surface area (Å²) in [5.74, 6) is -1.13. The lowest BCUT2D eigenvalue weighted by molar-refractivity contribution is 0.0466. The van der Waals surface area contributed by atoms with Crippen molar-refractivity contribution < 1.29 is 28.2 Å². The number of carbonyl (C=O) groups is 2. The average molecular weight is 543 g/mol. The van der Waals surface area contributed by atoms with Gasteiger partial charge in [0.15, 0.2) is 5.75 Å². The average Bonchev–Trinajstić information content (AvgIpc) is 3.53. The van der Waals surface area contributed by atoms with Crippen LogP contribution >= 0.6 is 11.3 Å². The minimum atomic E-state index is -0.701. The molecule has 1 fully saturated rings. The van der Waals surface area contributed by atoms with Crippen LogP contribution in [-0.4, -0.2) is 35.4 Å². The number of carbonyl (C=O) groups excluding carboxylic acids is 2. The smallest absolute Gasteiger partial charge is 0.408 e. The normalized spacial score (nSPS) is 17.2. The van der Waals surface area contributed by atoms with Crippen LogP contribution in [0.25, 0.3) is 21.3 Å². The molecule has 3 aromatic rings. The molecule has 2 aliphatic rings. The highest BCUT2D eigenvalue weighted by atomic mass is 32.1. The van der Waals surface area contributed by atoms with E-state index < -0.39 is 28.9 Å². The van der Waals surface area contributed by atoms with Crippen LogP contribution in [0.2, 0.25) is 0 Å². The molecular formula is C28H31FN2O6S. The number of esters is 1. The molecule has 38 heavy (non-hydrogen) atoms. The van der Waals surface area contributed by atoms with Gasteiger partial charge in [-0.05, 0) is 70.6 Å². The Kier molecular flexibility index (Phi) is 6.71. The molecule has 1 N–H and O–H groups in total. The Morgan fingerprint density at radius 1 is 1.18 bits per heavy atom. The SMILES string of the molecule is COc1c(-c2cc3c(s2)CCCC3NC(=O)OC(C)(C)C)c(F)cc2c(=O)c(C(=O)OC3CC3)cn(C)c12. The second-order valence-corrected chi connectivity index (χ2v) is 12.0. The topological polar surface area (TPSA) is 95.9 Å². The van der Waals surface area contributed by atoms with Crippen molar-refractivity contribution in [2.45, 2.75) is 70.6 Å². The maximum absolute atomic E-state index is 15.7. The number of methoxy groups -OCH3 is 1. The van der Waals surface area contributed by atoms with Gasteiger partial charge in [-0.1, -0.05) is 0 Å². The predicted octanol–water partition coefficient (Wildman–Crippen LogP) is 5.64. The van der Waals surface area contributed by atoms with E-state index in [1.807, 2.05) is 26.8 Å². The highest BCUT2D eigenvalue weighted by molar-refractivity contribution is 7.15. The van der Waals surface area contributed by atoms with Crippen LogP contribution in [0, 0.1) is 5.82 Å². The summed E-state index contributed by atoms with van der Waals surface area (Å²) in [5, 5.41) is 2.99. The molecule has 0 radical (unpaired) electrons. The molecule has 1 amide bonds. The van der Waals surface area contributed by atoms with E-state index in [9.17, 15) is 14.4 Å². The van der Waals surface area contributed by atoms with E-state index in [4.69, 9.17) is 14.2 Å². The molecule has 202 valence electrons. The van der Waals surface area contributed by atoms with Crippen molar-refractivity contribution in [3.05, 3.63) is 50.4 Å². The molecule has 5 rings (SSSR count). The summed E-state index contributed by atoms with van der Waals surface area (Å²) in [4.78, 5) is 39.9. The predicted molar refractivity (Wildman–Crippen MR) is 142 cm³/mol. The molecule has 2 aliphatic carbocycles. The van der Waals surface area contributed by atoms with Gasteiger partial charge in [0.25, 0.3) is 0 Å². The van der Waals surface area contributed by atoms with E-state index in [0.29, 0.717) is 10.4 Å². The van der Waals surface area contributed by atoms with E-state index >= 15 is 4.39 Å². The van der Waals surface area contributed by atoms with Crippen molar-refractivity contribution in [3.8, 4) is 16.2 Å². The van der Waals surface area contributed by atoms with Gasteiger partial charge in [-0.2, -0.15) is 0 Å². The fourth-order valence-corrected chi connectivity index (χ4v) is 6.16. The Morgan fingerprint density at radius 3 is 2.58 bits per heavy atom. The maximum Gasteiger partial charge on any atom is 0.408 e. The van der Waals surface area contributed by atoms with Gasteiger partial charge < -0.3 is 24.1 Å². The number of ether oxygens (including phenoxy) is 3. The Hall–Kier alpha value is -3.40. The van der Waals surface area contributed by atoms with Gasteiger partial charge in [0, 0.05) is 23.0 Å². The Morgan fingerprint density at radius 2 is 1.92 bits per heavy atom. The molecule has 0 aliphatic heterocycles. The third-order valence-corrected chi connectivity index (χ3v) is 7.87. The molecule has 2 aromatic heterocycles. The maximum atomic E-state index is 15.7. The van der Waals surface area contributed by atoms with E-state index in [0.717, 1.165) is 42.5 Å². The van der Waals surface area contributed by atoms with Crippen molar-refractivity contribution in [2.24, 2.45) is 7.05 Å². The Balaban J connectivity index is 1.57. The number of halogens is 1. The number of pyridine rings is 1. The molecule has 8 nitrogen and oxygen atoms in total. The third-order valence-electron chi connectivity index (χ3n) is 6.65. The summed E-state index contributed by atoms with van der Waals surface area (Å²) in [5.41, 5.74) is 0.192. The van der Waals surface area contributed by atoms with Gasteiger partial charge in [0.05, 0.1) is 29.6 Å². The largest absolute Gasteiger partial charge is 0.494 e. The first-order valence-electron chi connectivity index (χ1n) is 12.7. The number of benzene rings is 1. The van der Waals surface area contributed by atoms with Gasteiger partial charge >= 0.3 is 12.1 Å². The minimum absolute atomic E-state index is 0.0432. The standard InChI is InChI=1S/C28H31FN2O6S/c1-28(2,3)37-27(34)30-19-7-6-8-20-15(19)12-21(38-20)22-18(29)11-16-23(25(22)35-5)31(4)13-17(24(16)32)26(33)36-14-9-10-14/h11-14,19H,6-10H2,1-5H3,(H,30,34). The molecule has 1 saturated carbocycles. The van der Waals surface area contributed by atoms with Crippen LogP contribution in [0.1, 0.15) is 73.3 Å². The zero-order chi connectivity index (χ0) is 27.4. The lowest BCUT2D eigenvalue weighted by Gasteiger charge is -2.26. The molecular weight excluding hydrogens is 511 g/mol. The van der Waals surface area contributed by atoms with Crippen molar-refractivity contribution in [2.75, 3.05) is 7.11 Å². The van der Waals surface area contributed by atoms with Gasteiger partial charge in [-0.15, -0.1) is 11.3 Å². The minimum Gasteiger partial charge on any atom is -0.494 e. The molecule has 1 atom stereocenters. The van der Waals surface area contributed by atoms with Crippen LogP contribution in [0.4, 0.5) is 9.18 Å². The lowest BCUT2D eigenvalue weighted by Crippen LogP contribution is -2.35. The summed E-state index contributed by atoms with van der Waals surface area (Å²) in [6.45, 7) is 5.42. The third kappa shape index (κ3) is 5.01. The number of amides is 1. The van der Waals surface area contributed by atoms with E-state index in [1.165, 1.54) is 30.7 Å². The van der Waals surface area contributed by atoms with Crippen LogP contribution < -0.4 is 15.5 Å². The Bertz CT molecular complexity index is 1500. The van der Waals surface area contributed by atoms with Crippen LogP contribution in [0.15, 0.2) is 23.1 Å². The highest BCUT2D eigenvalue weighted by Gasteiger charge is 2.31. The molecule has 0 saturated heterocycles. The number of nitrogens with zero attached hydrogens (tertiary/aromatic N) is 1. The summed E-state index contributed by atoms with van der Waals surface area (Å²) in [6.07, 6.45) is 4.76. The molecule has 0 spiro atoms. The molecule has 0 bridgehead atoms. The summed E-state index contributed by atoms with van der Waals surface area (Å²) in [7, 11) is 3.11. The molecule has 1 unspecified atom stereocenters. The molecule has 10 heteroatoms. The number of nitrogens with one attached hydrogen (secondary N) is 1. The number of rotatable bonds is 5. The lowest BCUT2D eigenvalue weighted by atomic mass is 9.93. The number of hydrogen-bond donors (Lipinski definition) is 1. The fraction of sp³-hybridized carbons (Fsp3) is 0.464. The van der Waals surface area contributed by atoms with Gasteiger partial charge in [0.2, 0.25) is 5.43 Å². The van der Waals surface area contributed by atoms with Crippen LogP contribution in [-0.2, 0) is 22.9 Å². The molecule has 1 aromatic carbocycles. The van der Waals surface area contributed by atoms with Crippen LogP contribution in [0.5, 0.6) is 5.75 Å². The molecule has 2 heterocycles. The van der Waals surface area contributed by atoms with Crippen molar-refractivity contribution >= 4 is 34.3 Å². The monoisotopic (exact) mass is 542 g/mol. The summed E-state index contributed by atoms with van der Waals surface area (Å²) >= 11 is 1.44. The zero-order valence-corrected chi connectivity index (χ0v) is 22.9. The highest BCUT2D eigenvalue weighted by Crippen LogP contribution is 2.45. The second-order valence-electron chi connectivity index (χ2n) is 10.8. The summed E-state index contributed by atoms with van der Waals surface area (Å²) < 4.78 is 33.8. The van der Waals surface area contributed by atoms with Crippen LogP contribution in [0.3, 0.4) is 0 Å². The first-order chi connectivity index (χ1) is 18.0. The number of fused-ring (bicyclic) bond motifs is 2. The summed E-state index contributed by atoms with van der Waals surface area (Å²) in [6, 6.07) is 2.80.